The van der Waals surface area contributed by atoms with Gasteiger partial charge in [0, 0.05) is 157 Å². The van der Waals surface area contributed by atoms with Gasteiger partial charge < -0.3 is 116 Å². The number of para-hydroxylation sites is 4. The number of phenolic OH excluding ortho intramolecular Hbond substituents is 4. The van der Waals surface area contributed by atoms with Crippen molar-refractivity contribution in [1.82, 2.24) is 95.7 Å². The van der Waals surface area contributed by atoms with Crippen LogP contribution >= 0.6 is 0 Å². The second-order valence-electron chi connectivity index (χ2n) is 21.2. The fraction of sp³-hybridized carbons (Fsp3) is 0.443. The van der Waals surface area contributed by atoms with Crippen LogP contribution in [0.2, 0.25) is 0 Å². The third kappa shape index (κ3) is 23.6. The van der Waals surface area contributed by atoms with Crippen LogP contribution in [0.15, 0.2) is 72.8 Å². The Morgan fingerprint density at radius 3 is 0.720 bits per heavy atom. The first-order chi connectivity index (χ1) is 45.1. The molecule has 32 heteroatoms. The van der Waals surface area contributed by atoms with Crippen LogP contribution in [-0.4, -0.2) is 249 Å². The molecule has 0 saturated heterocycles. The SMILES string of the molecule is O=C1NCCNCCNCCNC(=O)c2cccc(c2O)C(=O)NCCNC(C(=O)NCCCNC(=O)C2CNCCNC(=O)c3cccc(c3O)C(=O)NCCNCCNCCNC(=O)c3cccc(c3O)C(=O)NCCN2)CNCCNC(=O)c2cccc1c2O. The van der Waals surface area contributed by atoms with Crippen molar-refractivity contribution >= 4 is 59.1 Å². The number of rotatable bonds is 6. The zero-order chi connectivity index (χ0) is 66.7. The van der Waals surface area contributed by atoms with E-state index >= 15 is 0 Å². The third-order valence-corrected chi connectivity index (χ3v) is 14.5. The number of carbonyl (C=O) groups excluding carboxylic acids is 10. The Kier molecular flexibility index (Phi) is 30.9. The lowest BCUT2D eigenvalue weighted by molar-refractivity contribution is -0.123. The van der Waals surface area contributed by atoms with E-state index in [2.05, 4.69) is 95.7 Å². The van der Waals surface area contributed by atoms with Gasteiger partial charge in [-0.15, -0.1) is 0 Å². The Bertz CT molecular complexity index is 3000. The topological polar surface area (TPSA) is 468 Å². The summed E-state index contributed by atoms with van der Waals surface area (Å²) in [6.45, 7) is 5.10. The molecule has 504 valence electrons. The molecule has 0 aromatic heterocycles. The van der Waals surface area contributed by atoms with E-state index in [0.717, 1.165) is 0 Å². The number of aromatic hydroxyl groups is 4. The van der Waals surface area contributed by atoms with E-state index in [1.165, 1.54) is 72.8 Å². The molecule has 2 heterocycles. The first-order valence-electron chi connectivity index (χ1n) is 30.9. The van der Waals surface area contributed by atoms with Gasteiger partial charge in [-0.1, -0.05) is 24.3 Å². The normalized spacial score (nSPS) is 19.1. The number of carbonyl (C=O) groups is 10. The summed E-state index contributed by atoms with van der Waals surface area (Å²) in [6.07, 6.45) is 0.247. The molecule has 6 rings (SSSR count). The first-order valence-corrected chi connectivity index (χ1v) is 30.9. The molecule has 93 heavy (non-hydrogen) atoms. The van der Waals surface area contributed by atoms with Gasteiger partial charge >= 0.3 is 0 Å². The minimum Gasteiger partial charge on any atom is -0.506 e. The largest absolute Gasteiger partial charge is 0.506 e. The number of hydrogen-bond acceptors (Lipinski definition) is 22. The van der Waals surface area contributed by atoms with Crippen LogP contribution in [0.25, 0.3) is 0 Å². The number of benzene rings is 4. The summed E-state index contributed by atoms with van der Waals surface area (Å²) in [4.78, 5) is 132. The van der Waals surface area contributed by atoms with Gasteiger partial charge in [-0.05, 0) is 55.0 Å². The van der Waals surface area contributed by atoms with Crippen molar-refractivity contribution in [2.45, 2.75) is 18.5 Å². The van der Waals surface area contributed by atoms with Gasteiger partial charge in [-0.25, -0.2) is 0 Å². The molecule has 2 aliphatic heterocycles. The van der Waals surface area contributed by atoms with Gasteiger partial charge in [0.2, 0.25) is 11.8 Å². The molecule has 8 bridgehead atoms. The van der Waals surface area contributed by atoms with Crippen LogP contribution < -0.4 is 95.7 Å². The number of phenols is 4. The molecule has 10 amide bonds. The van der Waals surface area contributed by atoms with E-state index in [0.29, 0.717) is 52.4 Å². The van der Waals surface area contributed by atoms with Crippen LogP contribution in [0.4, 0.5) is 0 Å². The molecule has 0 saturated carbocycles. The lowest BCUT2D eigenvalue weighted by Crippen LogP contribution is -2.53. The van der Waals surface area contributed by atoms with E-state index in [-0.39, 0.29) is 156 Å². The highest BCUT2D eigenvalue weighted by Crippen LogP contribution is 2.25. The first kappa shape index (κ1) is 72.5. The van der Waals surface area contributed by atoms with Gasteiger partial charge in [-0.3, -0.25) is 47.9 Å². The minimum absolute atomic E-state index is 0.00945. The monoisotopic (exact) mass is 1290 g/mol. The van der Waals surface area contributed by atoms with E-state index in [1.54, 1.807) is 0 Å². The molecule has 4 aromatic rings. The van der Waals surface area contributed by atoms with E-state index in [4.69, 9.17) is 0 Å². The summed E-state index contributed by atoms with van der Waals surface area (Å²) in [5, 5.41) is 96.0. The van der Waals surface area contributed by atoms with Crippen molar-refractivity contribution in [2.24, 2.45) is 0 Å². The van der Waals surface area contributed by atoms with Gasteiger partial charge in [-0.2, -0.15) is 0 Å². The predicted octanol–water partition coefficient (Wildman–Crippen LogP) is -5.45. The number of fused-ring (bicyclic) bond motifs is 8. The smallest absolute Gasteiger partial charge is 0.255 e. The highest BCUT2D eigenvalue weighted by atomic mass is 16.3. The maximum atomic E-state index is 13.8. The molecular formula is C61H86N18O14. The van der Waals surface area contributed by atoms with Gasteiger partial charge in [0.05, 0.1) is 56.6 Å². The molecule has 0 spiro atoms. The van der Waals surface area contributed by atoms with Crippen LogP contribution in [-0.2, 0) is 9.59 Å². The van der Waals surface area contributed by atoms with Crippen LogP contribution in [0.3, 0.4) is 0 Å². The molecule has 22 N–H and O–H groups in total. The second-order valence-corrected chi connectivity index (χ2v) is 21.2. The van der Waals surface area contributed by atoms with Crippen molar-refractivity contribution in [3.05, 3.63) is 117 Å². The van der Waals surface area contributed by atoms with Crippen molar-refractivity contribution in [1.29, 1.82) is 0 Å². The summed E-state index contributed by atoms with van der Waals surface area (Å²) in [5.74, 6) is -7.99. The van der Waals surface area contributed by atoms with Crippen molar-refractivity contribution < 1.29 is 68.4 Å². The van der Waals surface area contributed by atoms with Crippen molar-refractivity contribution in [3.8, 4) is 23.0 Å². The standard InChI is InChI=1S/C61H86N18O14/c80-48-38-6-1-10-42(48)56(88)76-30-24-66-36-46(68-32-34-78-58(90)44-12-3-8-40(50(44)82)54(86)74-28-22-64-18-16-62-20-26-72-52(38)84)60(92)70-14-5-15-71-61(93)47-37-67-25-31-77-57(89)43-11-2-7-39(49(43)81)53(85)73-27-21-63-17-19-65-23-29-75-55(87)41-9-4-13-45(51(41)83)59(91)79-35-33-69-47/h1-4,6-13,46-47,62-69,80-83H,5,14-37H2,(H,70,92)(H,71,93)(H,72,84)(H,73,85)(H,74,86)(H,75,87)(H,76,88)(H,77,89)(H,78,90)(H,79,91). The van der Waals surface area contributed by atoms with Gasteiger partial charge in [0.25, 0.3) is 47.3 Å². The molecule has 4 aromatic carbocycles. The number of nitrogens with one attached hydrogen (secondary N) is 18. The second kappa shape index (κ2) is 39.7. The molecule has 2 atom stereocenters. The van der Waals surface area contributed by atoms with E-state index in [9.17, 15) is 68.4 Å². The Labute approximate surface area is 537 Å². The van der Waals surface area contributed by atoms with Crippen LogP contribution in [0.1, 0.15) is 89.3 Å². The Morgan fingerprint density at radius 1 is 0.301 bits per heavy atom. The fourth-order valence-electron chi connectivity index (χ4n) is 9.45. The maximum absolute atomic E-state index is 13.8. The molecular weight excluding hydrogens is 1210 g/mol. The number of amides is 10. The van der Waals surface area contributed by atoms with Crippen molar-refractivity contribution in [3.63, 3.8) is 0 Å². The number of hydrogen-bond donors (Lipinski definition) is 22. The maximum Gasteiger partial charge on any atom is 0.255 e. The van der Waals surface area contributed by atoms with E-state index in [1.807, 2.05) is 0 Å². The third-order valence-electron chi connectivity index (χ3n) is 14.5. The zero-order valence-electron chi connectivity index (χ0n) is 51.6. The summed E-state index contributed by atoms with van der Waals surface area (Å²) >= 11 is 0. The summed E-state index contributed by atoms with van der Waals surface area (Å²) < 4.78 is 0. The van der Waals surface area contributed by atoms with Crippen molar-refractivity contribution in [2.75, 3.05) is 157 Å². The molecule has 2 unspecified atom stereocenters. The molecule has 0 aliphatic carbocycles. The average molecular weight is 1300 g/mol. The summed E-state index contributed by atoms with van der Waals surface area (Å²) in [7, 11) is 0. The minimum atomic E-state index is -0.930. The predicted molar refractivity (Wildman–Crippen MR) is 343 cm³/mol. The Morgan fingerprint density at radius 2 is 0.495 bits per heavy atom. The summed E-state index contributed by atoms with van der Waals surface area (Å²) in [6, 6.07) is 15.0. The molecule has 0 fully saturated rings. The van der Waals surface area contributed by atoms with Crippen LogP contribution in [0.5, 0.6) is 23.0 Å². The Hall–Kier alpha value is -9.54. The van der Waals surface area contributed by atoms with E-state index < -0.39 is 94.2 Å². The lowest BCUT2D eigenvalue weighted by Gasteiger charge is -2.21. The van der Waals surface area contributed by atoms with Crippen LogP contribution in [0, 0.1) is 0 Å². The molecule has 2 aliphatic rings. The average Bonchev–Trinajstić information content (AvgIpc) is 1.27. The quantitative estimate of drug-likeness (QED) is 0.0801. The Balaban J connectivity index is 1.06. The molecule has 0 radical (unpaired) electrons. The lowest BCUT2D eigenvalue weighted by atomic mass is 10.1. The summed E-state index contributed by atoms with van der Waals surface area (Å²) in [5.41, 5.74) is -0.935. The fourth-order valence-corrected chi connectivity index (χ4v) is 9.45. The zero-order valence-corrected chi connectivity index (χ0v) is 51.6. The molecule has 32 nitrogen and oxygen atoms in total. The highest BCUT2D eigenvalue weighted by molar-refractivity contribution is 6.06. The van der Waals surface area contributed by atoms with Gasteiger partial charge in [0.1, 0.15) is 23.0 Å². The highest BCUT2D eigenvalue weighted by Gasteiger charge is 2.25. The van der Waals surface area contributed by atoms with Gasteiger partial charge in [0.15, 0.2) is 0 Å².